The van der Waals surface area contributed by atoms with E-state index in [0.717, 1.165) is 17.7 Å². The number of para-hydroxylation sites is 1. The second kappa shape index (κ2) is 37.6. The van der Waals surface area contributed by atoms with Crippen molar-refractivity contribution in [3.05, 3.63) is 95.6 Å². The Labute approximate surface area is 384 Å². The SMILES string of the molecule is O=C(NCCOCCOCCOCCOCCOCCOCCOCCOCCOCCOCCOCCOC(=O)c1ccccc1Nc1cccc(C(F)(F)F)c1)OCc1ccccc1. The van der Waals surface area contributed by atoms with Crippen LogP contribution in [0.4, 0.5) is 29.3 Å². The number of esters is 1. The molecule has 0 saturated heterocycles. The van der Waals surface area contributed by atoms with E-state index in [-0.39, 0.29) is 31.1 Å². The number of benzene rings is 3. The molecule has 2 N–H and O–H groups in total. The van der Waals surface area contributed by atoms with Gasteiger partial charge in [0, 0.05) is 12.2 Å². The van der Waals surface area contributed by atoms with Crippen LogP contribution in [0.3, 0.4) is 0 Å². The lowest BCUT2D eigenvalue weighted by Crippen LogP contribution is -2.28. The Morgan fingerprint density at radius 1 is 0.439 bits per heavy atom. The number of anilines is 2. The van der Waals surface area contributed by atoms with Crippen molar-refractivity contribution in [2.24, 2.45) is 0 Å². The van der Waals surface area contributed by atoms with Crippen molar-refractivity contribution < 1.29 is 84.3 Å². The van der Waals surface area contributed by atoms with Crippen LogP contribution in [0.5, 0.6) is 0 Å². The first-order chi connectivity index (χ1) is 32.3. The summed E-state index contributed by atoms with van der Waals surface area (Å²) in [5.74, 6) is -0.635. The van der Waals surface area contributed by atoms with E-state index in [1.807, 2.05) is 30.3 Å². The smallest absolute Gasteiger partial charge is 0.416 e. The maximum absolute atomic E-state index is 13.1. The number of hydrogen-bond donors (Lipinski definition) is 2. The zero-order valence-corrected chi connectivity index (χ0v) is 37.4. The Morgan fingerprint density at radius 3 is 1.30 bits per heavy atom. The lowest BCUT2D eigenvalue weighted by atomic mass is 10.1. The van der Waals surface area contributed by atoms with E-state index in [0.29, 0.717) is 151 Å². The Kier molecular flexibility index (Phi) is 31.8. The first kappa shape index (κ1) is 55.9. The topological polar surface area (TPSA) is 178 Å². The van der Waals surface area contributed by atoms with Crippen LogP contribution in [-0.4, -0.2) is 171 Å². The van der Waals surface area contributed by atoms with Gasteiger partial charge >= 0.3 is 18.2 Å². The molecule has 0 heterocycles. The Balaban J connectivity index is 0.948. The van der Waals surface area contributed by atoms with Crippen LogP contribution < -0.4 is 10.6 Å². The van der Waals surface area contributed by atoms with E-state index in [9.17, 15) is 22.8 Å². The number of ether oxygens (including phenoxy) is 13. The summed E-state index contributed by atoms with van der Waals surface area (Å²) in [6, 6.07) is 20.6. The monoisotopic (exact) mass is 942 g/mol. The molecule has 3 aromatic rings. The van der Waals surface area contributed by atoms with Gasteiger partial charge in [-0.2, -0.15) is 13.2 Å². The maximum Gasteiger partial charge on any atom is 0.416 e. The lowest BCUT2D eigenvalue weighted by Gasteiger charge is -2.13. The van der Waals surface area contributed by atoms with Gasteiger partial charge in [-0.3, -0.25) is 0 Å². The number of carbonyl (C=O) groups excluding carboxylic acids is 2. The second-order valence-electron chi connectivity index (χ2n) is 13.6. The molecule has 0 saturated carbocycles. The fourth-order valence-electron chi connectivity index (χ4n) is 5.27. The predicted molar refractivity (Wildman–Crippen MR) is 235 cm³/mol. The predicted octanol–water partition coefficient (Wildman–Crippen LogP) is 5.71. The van der Waals surface area contributed by atoms with Crippen molar-refractivity contribution >= 4 is 23.4 Å². The molecule has 0 fully saturated rings. The maximum atomic E-state index is 13.1. The number of alkyl halides is 3. The molecule has 0 aliphatic rings. The molecule has 0 aliphatic carbocycles. The summed E-state index contributed by atoms with van der Waals surface area (Å²) in [5.41, 5.74) is 0.814. The van der Waals surface area contributed by atoms with Crippen LogP contribution in [0.25, 0.3) is 0 Å². The third-order valence-electron chi connectivity index (χ3n) is 8.53. The van der Waals surface area contributed by atoms with E-state index in [4.69, 9.17) is 61.6 Å². The van der Waals surface area contributed by atoms with Crippen molar-refractivity contribution in [2.45, 2.75) is 12.8 Å². The molecule has 370 valence electrons. The Hall–Kier alpha value is -4.45. The van der Waals surface area contributed by atoms with E-state index >= 15 is 0 Å². The zero-order chi connectivity index (χ0) is 47.0. The fourth-order valence-corrected chi connectivity index (χ4v) is 5.27. The average Bonchev–Trinajstić information content (AvgIpc) is 3.32. The molecule has 0 bridgehead atoms. The van der Waals surface area contributed by atoms with E-state index in [2.05, 4.69) is 10.6 Å². The van der Waals surface area contributed by atoms with E-state index < -0.39 is 23.8 Å². The van der Waals surface area contributed by atoms with Crippen molar-refractivity contribution in [1.29, 1.82) is 0 Å². The number of carbonyl (C=O) groups is 2. The van der Waals surface area contributed by atoms with Gasteiger partial charge in [0.15, 0.2) is 0 Å². The summed E-state index contributed by atoms with van der Waals surface area (Å²) in [7, 11) is 0. The molecule has 0 radical (unpaired) electrons. The number of amides is 1. The molecule has 0 aromatic heterocycles. The molecule has 20 heteroatoms. The number of nitrogens with one attached hydrogen (secondary N) is 2. The lowest BCUT2D eigenvalue weighted by molar-refractivity contribution is -0.137. The van der Waals surface area contributed by atoms with Gasteiger partial charge in [-0.25, -0.2) is 9.59 Å². The van der Waals surface area contributed by atoms with Gasteiger partial charge in [-0.15, -0.1) is 0 Å². The molecule has 3 rings (SSSR count). The van der Waals surface area contributed by atoms with E-state index in [1.165, 1.54) is 18.2 Å². The summed E-state index contributed by atoms with van der Waals surface area (Å²) < 4.78 is 110. The molecule has 0 unspecified atom stereocenters. The van der Waals surface area contributed by atoms with E-state index in [1.54, 1.807) is 18.2 Å². The second-order valence-corrected chi connectivity index (χ2v) is 13.6. The third-order valence-corrected chi connectivity index (χ3v) is 8.53. The van der Waals surface area contributed by atoms with Crippen molar-refractivity contribution in [3.8, 4) is 0 Å². The Morgan fingerprint density at radius 2 is 0.848 bits per heavy atom. The van der Waals surface area contributed by atoms with Crippen LogP contribution in [0.15, 0.2) is 78.9 Å². The molecule has 17 nitrogen and oxygen atoms in total. The number of hydrogen-bond acceptors (Lipinski definition) is 16. The van der Waals surface area contributed by atoms with Crippen molar-refractivity contribution in [1.82, 2.24) is 5.32 Å². The van der Waals surface area contributed by atoms with Crippen LogP contribution in [0.2, 0.25) is 0 Å². The van der Waals surface area contributed by atoms with Crippen LogP contribution in [-0.2, 0) is 74.4 Å². The molecule has 3 aromatic carbocycles. The average molecular weight is 943 g/mol. The number of rotatable bonds is 41. The minimum atomic E-state index is -4.48. The normalized spacial score (nSPS) is 11.4. The molecule has 1 amide bonds. The number of alkyl carbamates (subject to hydrolysis) is 1. The largest absolute Gasteiger partial charge is 0.460 e. The summed E-state index contributed by atoms with van der Waals surface area (Å²) >= 11 is 0. The highest BCUT2D eigenvalue weighted by Gasteiger charge is 2.30. The molecular weight excluding hydrogens is 877 g/mol. The summed E-state index contributed by atoms with van der Waals surface area (Å²) in [6.45, 7) is 9.55. The molecule has 0 spiro atoms. The quantitative estimate of drug-likeness (QED) is 0.0522. The summed E-state index contributed by atoms with van der Waals surface area (Å²) in [4.78, 5) is 24.3. The van der Waals surface area contributed by atoms with Crippen molar-refractivity contribution in [2.75, 3.05) is 164 Å². The van der Waals surface area contributed by atoms with Crippen LogP contribution in [0, 0.1) is 0 Å². The first-order valence-corrected chi connectivity index (χ1v) is 21.8. The number of halogens is 3. The Bertz CT molecular complexity index is 1660. The zero-order valence-electron chi connectivity index (χ0n) is 37.4. The van der Waals surface area contributed by atoms with Gasteiger partial charge in [0.2, 0.25) is 0 Å². The minimum absolute atomic E-state index is 0.00988. The van der Waals surface area contributed by atoms with Gasteiger partial charge in [0.25, 0.3) is 0 Å². The minimum Gasteiger partial charge on any atom is -0.460 e. The third kappa shape index (κ3) is 29.2. The summed E-state index contributed by atoms with van der Waals surface area (Å²) in [5, 5.41) is 5.49. The highest BCUT2D eigenvalue weighted by atomic mass is 19.4. The highest BCUT2D eigenvalue weighted by molar-refractivity contribution is 5.96. The van der Waals surface area contributed by atoms with Crippen LogP contribution >= 0.6 is 0 Å². The van der Waals surface area contributed by atoms with Crippen LogP contribution in [0.1, 0.15) is 21.5 Å². The standard InChI is InChI=1S/C46H65F3N2O15/c47-46(48,49)40-9-6-10-41(37-40)51-43-12-5-4-11-42(43)44(52)65-36-35-64-34-33-63-32-31-62-30-29-61-28-27-60-26-25-59-24-23-58-22-21-57-20-19-56-18-17-55-16-15-54-14-13-50-45(53)66-38-39-7-2-1-3-8-39/h1-12,37,51H,13-36,38H2,(H,50,53). The van der Waals surface area contributed by atoms with Crippen molar-refractivity contribution in [3.63, 3.8) is 0 Å². The fraction of sp³-hybridized carbons (Fsp3) is 0.565. The summed E-state index contributed by atoms with van der Waals surface area (Å²) in [6.07, 6.45) is -4.97. The molecular formula is C46H65F3N2O15. The van der Waals surface area contributed by atoms with Gasteiger partial charge in [0.1, 0.15) is 13.2 Å². The van der Waals surface area contributed by atoms with Gasteiger partial charge in [-0.05, 0) is 35.9 Å². The first-order valence-electron chi connectivity index (χ1n) is 21.8. The molecule has 0 aliphatic heterocycles. The highest BCUT2D eigenvalue weighted by Crippen LogP contribution is 2.32. The van der Waals surface area contributed by atoms with Gasteiger partial charge < -0.3 is 72.2 Å². The molecule has 0 atom stereocenters. The molecule has 66 heavy (non-hydrogen) atoms. The van der Waals surface area contributed by atoms with Gasteiger partial charge in [-0.1, -0.05) is 48.5 Å². The van der Waals surface area contributed by atoms with Gasteiger partial charge in [0.05, 0.1) is 162 Å².